The predicted octanol–water partition coefficient (Wildman–Crippen LogP) is 2.61. The monoisotopic (exact) mass is 299 g/mol. The summed E-state index contributed by atoms with van der Waals surface area (Å²) in [5, 5.41) is 17.7. The molecule has 1 heterocycles. The normalized spacial score (nSPS) is 17.9. The number of carboxylic acid groups (broad SMARTS) is 1. The molecule has 1 aromatic heterocycles. The van der Waals surface area contributed by atoms with Gasteiger partial charge in [0.1, 0.15) is 5.54 Å². The molecule has 1 aromatic rings. The Bertz CT molecular complexity index is 485. The van der Waals surface area contributed by atoms with Crippen molar-refractivity contribution in [2.24, 2.45) is 0 Å². The highest BCUT2D eigenvalue weighted by atomic mass is 35.5. The number of hydrogen-bond acceptors (Lipinski definition) is 3. The van der Waals surface area contributed by atoms with E-state index >= 15 is 0 Å². The molecule has 1 aliphatic rings. The number of aromatic nitrogens is 2. The Hall–Kier alpha value is -1.07. The first kappa shape index (κ1) is 15.3. The molecule has 2 N–H and O–H groups in total. The number of nitrogens with one attached hydrogen (secondary N) is 1. The molecule has 0 bridgehead atoms. The number of carbonyl (C=O) groups is 1. The average Bonchev–Trinajstić information content (AvgIpc) is 3.18. The van der Waals surface area contributed by atoms with Gasteiger partial charge in [0.05, 0.1) is 16.9 Å². The molecule has 0 aliphatic heterocycles. The van der Waals surface area contributed by atoms with E-state index in [0.717, 1.165) is 25.0 Å². The summed E-state index contributed by atoms with van der Waals surface area (Å²) in [5.41, 5.74) is 0.130. The molecule has 1 atom stereocenters. The minimum Gasteiger partial charge on any atom is -0.480 e. The molecule has 1 unspecified atom stereocenters. The van der Waals surface area contributed by atoms with Crippen LogP contribution in [-0.4, -0.2) is 32.4 Å². The second-order valence-corrected chi connectivity index (χ2v) is 5.97. The zero-order valence-electron chi connectivity index (χ0n) is 12.0. The maximum Gasteiger partial charge on any atom is 0.323 e. The van der Waals surface area contributed by atoms with E-state index in [9.17, 15) is 9.90 Å². The Balaban J connectivity index is 1.94. The maximum absolute atomic E-state index is 11.6. The maximum atomic E-state index is 11.6. The lowest BCUT2D eigenvalue weighted by Crippen LogP contribution is -2.52. The van der Waals surface area contributed by atoms with Gasteiger partial charge in [0.2, 0.25) is 0 Å². The minimum atomic E-state index is -0.800. The first-order valence-corrected chi connectivity index (χ1v) is 7.55. The summed E-state index contributed by atoms with van der Waals surface area (Å²) in [6, 6.07) is 0.381. The molecule has 6 heteroatoms. The predicted molar refractivity (Wildman–Crippen MR) is 78.0 cm³/mol. The molecular formula is C14H22ClN3O2. The van der Waals surface area contributed by atoms with Crippen molar-refractivity contribution in [1.29, 1.82) is 0 Å². The van der Waals surface area contributed by atoms with Gasteiger partial charge >= 0.3 is 5.97 Å². The van der Waals surface area contributed by atoms with Crippen LogP contribution in [0.5, 0.6) is 0 Å². The van der Waals surface area contributed by atoms with E-state index in [4.69, 9.17) is 11.6 Å². The number of nitrogens with zero attached hydrogens (tertiary/aromatic N) is 2. The number of rotatable bonds is 8. The van der Waals surface area contributed by atoms with E-state index in [1.54, 1.807) is 6.20 Å². The van der Waals surface area contributed by atoms with E-state index in [1.165, 1.54) is 0 Å². The van der Waals surface area contributed by atoms with E-state index in [-0.39, 0.29) is 0 Å². The summed E-state index contributed by atoms with van der Waals surface area (Å²) >= 11 is 5.96. The summed E-state index contributed by atoms with van der Waals surface area (Å²) in [4.78, 5) is 11.6. The third kappa shape index (κ3) is 3.33. The molecule has 1 fully saturated rings. The fourth-order valence-electron chi connectivity index (χ4n) is 2.47. The topological polar surface area (TPSA) is 67.2 Å². The molecule has 5 nitrogen and oxygen atoms in total. The van der Waals surface area contributed by atoms with E-state index in [2.05, 4.69) is 10.4 Å². The summed E-state index contributed by atoms with van der Waals surface area (Å²) < 4.78 is 1.84. The number of carboxylic acids is 1. The van der Waals surface area contributed by atoms with Crippen LogP contribution in [0.2, 0.25) is 5.02 Å². The highest BCUT2D eigenvalue weighted by molar-refractivity contribution is 6.31. The summed E-state index contributed by atoms with van der Waals surface area (Å²) in [7, 11) is 0. The van der Waals surface area contributed by atoms with Crippen LogP contribution >= 0.6 is 11.6 Å². The molecule has 0 aromatic carbocycles. The Morgan fingerprint density at radius 2 is 2.35 bits per heavy atom. The van der Waals surface area contributed by atoms with Crippen LogP contribution < -0.4 is 5.32 Å². The van der Waals surface area contributed by atoms with Crippen molar-refractivity contribution < 1.29 is 9.90 Å². The Kier molecular flexibility index (Phi) is 4.70. The van der Waals surface area contributed by atoms with Gasteiger partial charge < -0.3 is 5.11 Å². The number of halogens is 1. The summed E-state index contributed by atoms with van der Waals surface area (Å²) in [6.07, 6.45) is 5.76. The SMILES string of the molecule is CCC(CCCn1ncc(Cl)c1C)(NC1CC1)C(=O)O. The van der Waals surface area contributed by atoms with Crippen LogP contribution in [0, 0.1) is 6.92 Å². The van der Waals surface area contributed by atoms with Gasteiger partial charge in [-0.2, -0.15) is 5.10 Å². The Morgan fingerprint density at radius 1 is 1.65 bits per heavy atom. The minimum absolute atomic E-state index is 0.381. The van der Waals surface area contributed by atoms with Crippen LogP contribution in [0.25, 0.3) is 0 Å². The standard InChI is InChI=1S/C14H22ClN3O2/c1-3-14(13(19)20,17-11-5-6-11)7-4-8-18-10(2)12(15)9-16-18/h9,11,17H,3-8H2,1-2H3,(H,19,20). The smallest absolute Gasteiger partial charge is 0.323 e. The molecule has 1 aliphatic carbocycles. The summed E-state index contributed by atoms with van der Waals surface area (Å²) in [5.74, 6) is -0.748. The van der Waals surface area contributed by atoms with Crippen molar-refractivity contribution in [3.8, 4) is 0 Å². The van der Waals surface area contributed by atoms with E-state index in [0.29, 0.717) is 30.5 Å². The average molecular weight is 300 g/mol. The summed E-state index contributed by atoms with van der Waals surface area (Å²) in [6.45, 7) is 4.54. The highest BCUT2D eigenvalue weighted by Crippen LogP contribution is 2.27. The molecule has 0 saturated heterocycles. The first-order valence-electron chi connectivity index (χ1n) is 7.17. The molecular weight excluding hydrogens is 278 g/mol. The lowest BCUT2D eigenvalue weighted by atomic mass is 9.90. The van der Waals surface area contributed by atoms with Crippen molar-refractivity contribution in [2.75, 3.05) is 0 Å². The molecule has 20 heavy (non-hydrogen) atoms. The Morgan fingerprint density at radius 3 is 2.80 bits per heavy atom. The second-order valence-electron chi connectivity index (χ2n) is 5.56. The lowest BCUT2D eigenvalue weighted by Gasteiger charge is -2.29. The van der Waals surface area contributed by atoms with E-state index < -0.39 is 11.5 Å². The van der Waals surface area contributed by atoms with Gasteiger partial charge in [-0.3, -0.25) is 14.8 Å². The second kappa shape index (κ2) is 6.14. The zero-order chi connectivity index (χ0) is 14.8. The van der Waals surface area contributed by atoms with Crippen molar-refractivity contribution in [2.45, 2.75) is 64.1 Å². The van der Waals surface area contributed by atoms with Crippen molar-refractivity contribution in [3.63, 3.8) is 0 Å². The number of hydrogen-bond donors (Lipinski definition) is 2. The van der Waals surface area contributed by atoms with Gasteiger partial charge in [0.25, 0.3) is 0 Å². The van der Waals surface area contributed by atoms with Crippen LogP contribution in [-0.2, 0) is 11.3 Å². The van der Waals surface area contributed by atoms with Gasteiger partial charge in [-0.25, -0.2) is 0 Å². The van der Waals surface area contributed by atoms with Crippen LogP contribution in [0.1, 0.15) is 44.7 Å². The fraction of sp³-hybridized carbons (Fsp3) is 0.714. The van der Waals surface area contributed by atoms with Gasteiger partial charge in [0, 0.05) is 12.6 Å². The molecule has 112 valence electrons. The molecule has 1 saturated carbocycles. The van der Waals surface area contributed by atoms with Gasteiger partial charge in [-0.15, -0.1) is 0 Å². The molecule has 0 radical (unpaired) electrons. The fourth-order valence-corrected chi connectivity index (χ4v) is 2.61. The lowest BCUT2D eigenvalue weighted by molar-refractivity contribution is -0.145. The van der Waals surface area contributed by atoms with Crippen molar-refractivity contribution in [3.05, 3.63) is 16.9 Å². The van der Waals surface area contributed by atoms with Crippen LogP contribution in [0.3, 0.4) is 0 Å². The highest BCUT2D eigenvalue weighted by Gasteiger charge is 2.40. The van der Waals surface area contributed by atoms with Crippen molar-refractivity contribution >= 4 is 17.6 Å². The third-order valence-electron chi connectivity index (χ3n) is 4.09. The first-order chi connectivity index (χ1) is 9.48. The molecule has 2 rings (SSSR count). The number of aryl methyl sites for hydroxylation is 1. The molecule has 0 amide bonds. The van der Waals surface area contributed by atoms with Gasteiger partial charge in [-0.05, 0) is 39.0 Å². The molecule has 0 spiro atoms. The van der Waals surface area contributed by atoms with Crippen LogP contribution in [0.4, 0.5) is 0 Å². The largest absolute Gasteiger partial charge is 0.480 e. The third-order valence-corrected chi connectivity index (χ3v) is 4.46. The zero-order valence-corrected chi connectivity index (χ0v) is 12.8. The van der Waals surface area contributed by atoms with E-state index in [1.807, 2.05) is 18.5 Å². The number of aliphatic carboxylic acids is 1. The Labute approximate surface area is 124 Å². The van der Waals surface area contributed by atoms with Crippen LogP contribution in [0.15, 0.2) is 6.20 Å². The van der Waals surface area contributed by atoms with Gasteiger partial charge in [-0.1, -0.05) is 18.5 Å². The quantitative estimate of drug-likeness (QED) is 0.774. The van der Waals surface area contributed by atoms with Crippen molar-refractivity contribution in [1.82, 2.24) is 15.1 Å². The van der Waals surface area contributed by atoms with Gasteiger partial charge in [0.15, 0.2) is 0 Å².